The average Bonchev–Trinajstić information content (AvgIpc) is 2.12. The molecule has 0 rings (SSSR count). The Labute approximate surface area is 94.5 Å². The lowest BCUT2D eigenvalue weighted by molar-refractivity contribution is -0.117. The van der Waals surface area contributed by atoms with Gasteiger partial charge in [-0.2, -0.15) is 0 Å². The average molecular weight is 233 g/mol. The number of thioether (sulfide) groups is 1. The normalized spacial score (nSPS) is 12.3. The predicted octanol–water partition coefficient (Wildman–Crippen LogP) is 0.301. The topological polar surface area (TPSA) is 84.2 Å². The number of hydrogen-bond acceptors (Lipinski definition) is 4. The number of hydrogen-bond donors (Lipinski definition) is 3. The van der Waals surface area contributed by atoms with Crippen LogP contribution in [0.2, 0.25) is 0 Å². The summed E-state index contributed by atoms with van der Waals surface area (Å²) in [5.74, 6) is -0.0393. The minimum atomic E-state index is -0.448. The van der Waals surface area contributed by atoms with Crippen LogP contribution in [-0.4, -0.2) is 35.5 Å². The van der Waals surface area contributed by atoms with E-state index < -0.39 is 6.03 Å². The van der Waals surface area contributed by atoms with Crippen LogP contribution in [-0.2, 0) is 4.79 Å². The van der Waals surface area contributed by atoms with Gasteiger partial charge < -0.3 is 11.1 Å². The van der Waals surface area contributed by atoms with E-state index in [9.17, 15) is 9.59 Å². The minimum Gasteiger partial charge on any atom is -0.336 e. The van der Waals surface area contributed by atoms with E-state index in [1.54, 1.807) is 0 Å². The lowest BCUT2D eigenvalue weighted by Crippen LogP contribution is -2.43. The van der Waals surface area contributed by atoms with E-state index in [1.165, 1.54) is 11.8 Å². The van der Waals surface area contributed by atoms with Gasteiger partial charge in [0.15, 0.2) is 0 Å². The van der Waals surface area contributed by atoms with Crippen molar-refractivity contribution in [3.05, 3.63) is 0 Å². The van der Waals surface area contributed by atoms with E-state index in [1.807, 2.05) is 20.8 Å². The van der Waals surface area contributed by atoms with Crippen LogP contribution in [0.1, 0.15) is 20.8 Å². The highest BCUT2D eigenvalue weighted by molar-refractivity contribution is 8.00. The summed E-state index contributed by atoms with van der Waals surface area (Å²) in [6.07, 6.45) is 0. The van der Waals surface area contributed by atoms with Crippen LogP contribution in [0.5, 0.6) is 0 Å². The molecular formula is C9H19N3O2S. The summed E-state index contributed by atoms with van der Waals surface area (Å²) in [6, 6.07) is -0.426. The van der Waals surface area contributed by atoms with E-state index >= 15 is 0 Å². The van der Waals surface area contributed by atoms with Crippen LogP contribution >= 0.6 is 11.8 Å². The second kappa shape index (κ2) is 7.53. The number of carbonyl (C=O) groups is 2. The fourth-order valence-corrected chi connectivity index (χ4v) is 1.39. The maximum Gasteiger partial charge on any atom is 0.321 e. The molecule has 0 aliphatic carbocycles. The quantitative estimate of drug-likeness (QED) is 0.637. The molecule has 0 aliphatic heterocycles. The van der Waals surface area contributed by atoms with Gasteiger partial charge in [0.2, 0.25) is 5.91 Å². The molecule has 15 heavy (non-hydrogen) atoms. The number of nitrogens with two attached hydrogens (primary N) is 1. The van der Waals surface area contributed by atoms with Crippen molar-refractivity contribution < 1.29 is 9.59 Å². The van der Waals surface area contributed by atoms with Crippen molar-refractivity contribution in [1.29, 1.82) is 0 Å². The summed E-state index contributed by atoms with van der Waals surface area (Å²) < 4.78 is 0. The molecule has 6 heteroatoms. The van der Waals surface area contributed by atoms with E-state index in [4.69, 9.17) is 5.73 Å². The second-order valence-electron chi connectivity index (χ2n) is 3.53. The molecule has 0 fully saturated rings. The molecule has 0 aromatic carbocycles. The van der Waals surface area contributed by atoms with Crippen molar-refractivity contribution in [3.8, 4) is 0 Å². The molecule has 3 amide bonds. The van der Waals surface area contributed by atoms with Crippen LogP contribution in [0.3, 0.4) is 0 Å². The largest absolute Gasteiger partial charge is 0.336 e. The Bertz CT molecular complexity index is 221. The molecule has 0 heterocycles. The third-order valence-electron chi connectivity index (χ3n) is 1.50. The molecule has 0 saturated carbocycles. The predicted molar refractivity (Wildman–Crippen MR) is 62.8 cm³/mol. The fraction of sp³-hybridized carbons (Fsp3) is 0.778. The number of carbonyl (C=O) groups excluding carboxylic acids is 2. The van der Waals surface area contributed by atoms with E-state index in [-0.39, 0.29) is 23.0 Å². The van der Waals surface area contributed by atoms with Crippen LogP contribution in [0.15, 0.2) is 0 Å². The van der Waals surface area contributed by atoms with Gasteiger partial charge in [-0.25, -0.2) is 4.79 Å². The highest BCUT2D eigenvalue weighted by Crippen LogP contribution is 2.07. The first-order valence-corrected chi connectivity index (χ1v) is 5.92. The van der Waals surface area contributed by atoms with Crippen molar-refractivity contribution in [3.63, 3.8) is 0 Å². The number of nitrogens with one attached hydrogen (secondary N) is 2. The van der Waals surface area contributed by atoms with E-state index in [2.05, 4.69) is 10.6 Å². The van der Waals surface area contributed by atoms with Gasteiger partial charge in [0.05, 0.1) is 5.75 Å². The van der Waals surface area contributed by atoms with Gasteiger partial charge in [0.25, 0.3) is 0 Å². The maximum absolute atomic E-state index is 11.2. The first kappa shape index (κ1) is 14.2. The SMILES string of the molecule is CC(C)NC(=O)NC(=O)CSC(C)CN. The monoisotopic (exact) mass is 233 g/mol. The van der Waals surface area contributed by atoms with Gasteiger partial charge in [-0.1, -0.05) is 6.92 Å². The summed E-state index contributed by atoms with van der Waals surface area (Å²) in [4.78, 5) is 22.3. The molecule has 0 radical (unpaired) electrons. The number of amides is 3. The zero-order valence-electron chi connectivity index (χ0n) is 9.37. The Hall–Kier alpha value is -0.750. The first-order valence-electron chi connectivity index (χ1n) is 4.87. The lowest BCUT2D eigenvalue weighted by Gasteiger charge is -2.10. The summed E-state index contributed by atoms with van der Waals surface area (Å²) in [5, 5.41) is 5.04. The van der Waals surface area contributed by atoms with Crippen molar-refractivity contribution in [2.24, 2.45) is 5.73 Å². The van der Waals surface area contributed by atoms with Crippen LogP contribution in [0.25, 0.3) is 0 Å². The first-order chi connectivity index (χ1) is 6.95. The maximum atomic E-state index is 11.2. The Kier molecular flexibility index (Phi) is 7.15. The van der Waals surface area contributed by atoms with Gasteiger partial charge in [-0.05, 0) is 13.8 Å². The van der Waals surface area contributed by atoms with Crippen LogP contribution in [0.4, 0.5) is 4.79 Å². The van der Waals surface area contributed by atoms with Crippen LogP contribution in [0, 0.1) is 0 Å². The molecule has 0 bridgehead atoms. The summed E-state index contributed by atoms with van der Waals surface area (Å²) in [7, 11) is 0. The Balaban J connectivity index is 3.69. The molecule has 0 aromatic rings. The molecule has 4 N–H and O–H groups in total. The van der Waals surface area contributed by atoms with Gasteiger partial charge in [-0.3, -0.25) is 10.1 Å². The Morgan fingerprint density at radius 3 is 2.40 bits per heavy atom. The lowest BCUT2D eigenvalue weighted by atomic mass is 10.4. The number of urea groups is 1. The smallest absolute Gasteiger partial charge is 0.321 e. The summed E-state index contributed by atoms with van der Waals surface area (Å²) in [5.41, 5.74) is 5.39. The summed E-state index contributed by atoms with van der Waals surface area (Å²) >= 11 is 1.43. The van der Waals surface area contributed by atoms with Crippen molar-refractivity contribution in [1.82, 2.24) is 10.6 Å². The highest BCUT2D eigenvalue weighted by Gasteiger charge is 2.09. The van der Waals surface area contributed by atoms with E-state index in [0.29, 0.717) is 6.54 Å². The van der Waals surface area contributed by atoms with Gasteiger partial charge >= 0.3 is 6.03 Å². The molecule has 0 aromatic heterocycles. The van der Waals surface area contributed by atoms with Gasteiger partial charge in [0.1, 0.15) is 0 Å². The molecular weight excluding hydrogens is 214 g/mol. The van der Waals surface area contributed by atoms with Crippen LogP contribution < -0.4 is 16.4 Å². The summed E-state index contributed by atoms with van der Waals surface area (Å²) in [6.45, 7) is 6.12. The molecule has 88 valence electrons. The zero-order valence-corrected chi connectivity index (χ0v) is 10.2. The molecule has 0 saturated heterocycles. The van der Waals surface area contributed by atoms with Gasteiger partial charge in [-0.15, -0.1) is 11.8 Å². The van der Waals surface area contributed by atoms with E-state index in [0.717, 1.165) is 0 Å². The molecule has 0 spiro atoms. The molecule has 0 aliphatic rings. The van der Waals surface area contributed by atoms with Crippen molar-refractivity contribution in [2.45, 2.75) is 32.1 Å². The minimum absolute atomic E-state index is 0.0217. The van der Waals surface area contributed by atoms with Gasteiger partial charge in [0, 0.05) is 17.8 Å². The Morgan fingerprint density at radius 2 is 1.93 bits per heavy atom. The Morgan fingerprint density at radius 1 is 1.33 bits per heavy atom. The second-order valence-corrected chi connectivity index (χ2v) is 4.96. The highest BCUT2D eigenvalue weighted by atomic mass is 32.2. The van der Waals surface area contributed by atoms with Crippen molar-refractivity contribution in [2.75, 3.05) is 12.3 Å². The number of imide groups is 1. The number of rotatable bonds is 5. The fourth-order valence-electron chi connectivity index (χ4n) is 0.747. The zero-order chi connectivity index (χ0) is 11.8. The third kappa shape index (κ3) is 8.26. The molecule has 5 nitrogen and oxygen atoms in total. The van der Waals surface area contributed by atoms with Crippen molar-refractivity contribution >= 4 is 23.7 Å². The third-order valence-corrected chi connectivity index (χ3v) is 2.69. The molecule has 1 unspecified atom stereocenters. The standard InChI is InChI=1S/C9H19N3O2S/c1-6(2)11-9(14)12-8(13)5-15-7(3)4-10/h6-7H,4-5,10H2,1-3H3,(H2,11,12,13,14). The molecule has 1 atom stereocenters.